The van der Waals surface area contributed by atoms with Gasteiger partial charge in [0.15, 0.2) is 5.78 Å². The Morgan fingerprint density at radius 2 is 1.48 bits per heavy atom. The number of carbonyl (C=O) groups excluding carboxylic acids is 1. The Morgan fingerprint density at radius 3 is 2.16 bits per heavy atom. The summed E-state index contributed by atoms with van der Waals surface area (Å²) < 4.78 is 0. The van der Waals surface area contributed by atoms with E-state index in [2.05, 4.69) is 83.1 Å². The molecule has 0 heterocycles. The van der Waals surface area contributed by atoms with Crippen molar-refractivity contribution in [1.82, 2.24) is 0 Å². The number of rotatable bonds is 4. The number of carbonyl (C=O) groups is 1. The molecule has 1 atom stereocenters. The van der Waals surface area contributed by atoms with Crippen molar-refractivity contribution in [3.05, 3.63) is 82.9 Å². The maximum absolute atomic E-state index is 13.5. The van der Waals surface area contributed by atoms with Gasteiger partial charge in [0.2, 0.25) is 0 Å². The van der Waals surface area contributed by atoms with Crippen molar-refractivity contribution in [3.63, 3.8) is 0 Å². The van der Waals surface area contributed by atoms with E-state index in [-0.39, 0.29) is 17.1 Å². The molecular weight excluding hydrogens is 378 g/mol. The molecule has 0 aromatic heterocycles. The molecule has 0 amide bonds. The lowest BCUT2D eigenvalue weighted by atomic mass is 9.68. The minimum absolute atomic E-state index is 0.0261. The largest absolute Gasteiger partial charge is 0.398 e. The molecule has 4 rings (SSSR count). The molecule has 1 aliphatic rings. The van der Waals surface area contributed by atoms with Crippen molar-refractivity contribution < 1.29 is 4.79 Å². The minimum atomic E-state index is -0.0828. The number of anilines is 1. The SMILES string of the molecule is CC(C)c1ccc(C(C)C2=C(c3c(N)ccc4ccccc34)CC(C)(C)CC2=O)cc1. The van der Waals surface area contributed by atoms with Gasteiger partial charge in [0.25, 0.3) is 0 Å². The summed E-state index contributed by atoms with van der Waals surface area (Å²) in [7, 11) is 0. The highest BCUT2D eigenvalue weighted by molar-refractivity contribution is 6.10. The number of allylic oxidation sites excluding steroid dienone is 2. The van der Waals surface area contributed by atoms with E-state index < -0.39 is 0 Å². The smallest absolute Gasteiger partial charge is 0.160 e. The molecule has 31 heavy (non-hydrogen) atoms. The molecule has 0 aliphatic heterocycles. The summed E-state index contributed by atoms with van der Waals surface area (Å²) in [6.07, 6.45) is 1.42. The van der Waals surface area contributed by atoms with Crippen LogP contribution in [0.3, 0.4) is 0 Å². The van der Waals surface area contributed by atoms with E-state index in [1.54, 1.807) is 0 Å². The van der Waals surface area contributed by atoms with Crippen LogP contribution in [0.25, 0.3) is 16.3 Å². The van der Waals surface area contributed by atoms with Gasteiger partial charge in [-0.05, 0) is 51.3 Å². The van der Waals surface area contributed by atoms with E-state index in [0.29, 0.717) is 12.3 Å². The Morgan fingerprint density at radius 1 is 0.839 bits per heavy atom. The summed E-state index contributed by atoms with van der Waals surface area (Å²) in [5.41, 5.74) is 12.8. The third-order valence-corrected chi connectivity index (χ3v) is 6.72. The maximum Gasteiger partial charge on any atom is 0.160 e. The van der Waals surface area contributed by atoms with Gasteiger partial charge >= 0.3 is 0 Å². The molecule has 0 saturated heterocycles. The molecule has 2 N–H and O–H groups in total. The number of nitrogen functional groups attached to an aromatic ring is 1. The number of Topliss-reactive ketones (excluding diaryl/α,β-unsaturated/α-hetero) is 1. The lowest BCUT2D eigenvalue weighted by Gasteiger charge is -2.35. The predicted molar refractivity (Wildman–Crippen MR) is 132 cm³/mol. The summed E-state index contributed by atoms with van der Waals surface area (Å²) in [4.78, 5) is 13.5. The number of ketones is 1. The van der Waals surface area contributed by atoms with Gasteiger partial charge < -0.3 is 5.73 Å². The molecule has 0 spiro atoms. The van der Waals surface area contributed by atoms with Crippen LogP contribution in [0.4, 0.5) is 5.69 Å². The van der Waals surface area contributed by atoms with E-state index in [4.69, 9.17) is 5.73 Å². The highest BCUT2D eigenvalue weighted by Crippen LogP contribution is 2.48. The molecular formula is C29H33NO. The maximum atomic E-state index is 13.5. The van der Waals surface area contributed by atoms with Gasteiger partial charge in [-0.25, -0.2) is 0 Å². The Bertz CT molecular complexity index is 1170. The van der Waals surface area contributed by atoms with Crippen LogP contribution in [-0.4, -0.2) is 5.78 Å². The van der Waals surface area contributed by atoms with Crippen molar-refractivity contribution in [3.8, 4) is 0 Å². The fourth-order valence-corrected chi connectivity index (χ4v) is 5.02. The van der Waals surface area contributed by atoms with Crippen molar-refractivity contribution >= 4 is 27.8 Å². The summed E-state index contributed by atoms with van der Waals surface area (Å²) in [5.74, 6) is 0.768. The van der Waals surface area contributed by atoms with Crippen molar-refractivity contribution in [2.45, 2.75) is 59.3 Å². The Labute approximate surface area is 186 Å². The third kappa shape index (κ3) is 4.04. The van der Waals surface area contributed by atoms with Crippen LogP contribution in [0.5, 0.6) is 0 Å². The monoisotopic (exact) mass is 411 g/mol. The van der Waals surface area contributed by atoms with E-state index in [1.165, 1.54) is 11.1 Å². The summed E-state index contributed by atoms with van der Waals surface area (Å²) in [6, 6.07) is 21.1. The number of benzene rings is 3. The lowest BCUT2D eigenvalue weighted by Crippen LogP contribution is -2.27. The molecule has 3 aromatic rings. The molecule has 0 radical (unpaired) electrons. The van der Waals surface area contributed by atoms with Gasteiger partial charge in [0.05, 0.1) is 0 Å². The van der Waals surface area contributed by atoms with Gasteiger partial charge in [0.1, 0.15) is 0 Å². The fourth-order valence-electron chi connectivity index (χ4n) is 5.02. The first-order valence-corrected chi connectivity index (χ1v) is 11.3. The minimum Gasteiger partial charge on any atom is -0.398 e. The van der Waals surface area contributed by atoms with Crippen molar-refractivity contribution in [2.24, 2.45) is 5.41 Å². The van der Waals surface area contributed by atoms with Crippen LogP contribution >= 0.6 is 0 Å². The molecule has 160 valence electrons. The van der Waals surface area contributed by atoms with E-state index in [1.807, 2.05) is 12.1 Å². The second-order valence-electron chi connectivity index (χ2n) is 10.1. The Hall–Kier alpha value is -2.87. The van der Waals surface area contributed by atoms with Crippen molar-refractivity contribution in [1.29, 1.82) is 0 Å². The first kappa shape index (κ1) is 21.4. The van der Waals surface area contributed by atoms with E-state index in [9.17, 15) is 4.79 Å². The molecule has 1 unspecified atom stereocenters. The predicted octanol–water partition coefficient (Wildman–Crippen LogP) is 7.49. The summed E-state index contributed by atoms with van der Waals surface area (Å²) >= 11 is 0. The second-order valence-corrected chi connectivity index (χ2v) is 10.1. The topological polar surface area (TPSA) is 43.1 Å². The summed E-state index contributed by atoms with van der Waals surface area (Å²) in [6.45, 7) is 10.9. The van der Waals surface area contributed by atoms with Gasteiger partial charge in [-0.15, -0.1) is 0 Å². The molecule has 0 fully saturated rings. The first-order chi connectivity index (χ1) is 14.7. The number of hydrogen-bond acceptors (Lipinski definition) is 2. The van der Waals surface area contributed by atoms with Crippen LogP contribution in [0, 0.1) is 5.41 Å². The lowest BCUT2D eigenvalue weighted by molar-refractivity contribution is -0.118. The Kier molecular flexibility index (Phi) is 5.51. The van der Waals surface area contributed by atoms with Gasteiger partial charge in [0, 0.05) is 29.2 Å². The van der Waals surface area contributed by atoms with Gasteiger partial charge in [-0.3, -0.25) is 4.79 Å². The third-order valence-electron chi connectivity index (χ3n) is 6.72. The van der Waals surface area contributed by atoms with Crippen LogP contribution in [-0.2, 0) is 4.79 Å². The second kappa shape index (κ2) is 8.00. The number of hydrogen-bond donors (Lipinski definition) is 1. The normalized spacial score (nSPS) is 17.4. The molecule has 3 aromatic carbocycles. The number of fused-ring (bicyclic) bond motifs is 1. The van der Waals surface area contributed by atoms with Crippen LogP contribution in [0.2, 0.25) is 0 Å². The fraction of sp³-hybridized carbons (Fsp3) is 0.345. The van der Waals surface area contributed by atoms with Gasteiger partial charge in [-0.2, -0.15) is 0 Å². The summed E-state index contributed by atoms with van der Waals surface area (Å²) in [5, 5.41) is 2.28. The molecule has 0 saturated carbocycles. The van der Waals surface area contributed by atoms with Crippen LogP contribution in [0.1, 0.15) is 76.0 Å². The zero-order chi connectivity index (χ0) is 22.3. The average molecular weight is 412 g/mol. The van der Waals surface area contributed by atoms with E-state index >= 15 is 0 Å². The molecule has 0 bridgehead atoms. The zero-order valence-electron chi connectivity index (χ0n) is 19.3. The zero-order valence-corrected chi connectivity index (χ0v) is 19.3. The quantitative estimate of drug-likeness (QED) is 0.452. The Balaban J connectivity index is 1.94. The van der Waals surface area contributed by atoms with Crippen LogP contribution in [0.15, 0.2) is 66.2 Å². The van der Waals surface area contributed by atoms with E-state index in [0.717, 1.165) is 39.6 Å². The first-order valence-electron chi connectivity index (χ1n) is 11.3. The van der Waals surface area contributed by atoms with Gasteiger partial charge in [-0.1, -0.05) is 89.2 Å². The molecule has 2 heteroatoms. The standard InChI is InChI=1S/C29H33NO/c1-18(2)20-10-12-21(13-11-20)19(3)27-24(16-29(4,5)17-26(27)31)28-23-9-7-6-8-22(23)14-15-25(28)30/h6-15,18-19H,16-17,30H2,1-5H3. The number of nitrogens with two attached hydrogens (primary N) is 1. The highest BCUT2D eigenvalue weighted by atomic mass is 16.1. The molecule has 2 nitrogen and oxygen atoms in total. The van der Waals surface area contributed by atoms with Crippen molar-refractivity contribution in [2.75, 3.05) is 5.73 Å². The average Bonchev–Trinajstić information content (AvgIpc) is 2.72. The molecule has 1 aliphatic carbocycles. The highest BCUT2D eigenvalue weighted by Gasteiger charge is 2.36. The van der Waals surface area contributed by atoms with Crippen LogP contribution < -0.4 is 5.73 Å².